The Morgan fingerprint density at radius 3 is 2.78 bits per heavy atom. The van der Waals surface area contributed by atoms with Gasteiger partial charge in [-0.2, -0.15) is 5.10 Å². The number of rotatable bonds is 3. The maximum atomic E-state index is 11.0. The number of nitrogens with two attached hydrogens (primary N) is 1. The van der Waals surface area contributed by atoms with Crippen LogP contribution in [0.15, 0.2) is 28.4 Å². The molecule has 0 amide bonds. The Balaban J connectivity index is 2.32. The Morgan fingerprint density at radius 1 is 1.50 bits per heavy atom. The molecule has 2 rings (SSSR count). The first-order chi connectivity index (χ1) is 8.47. The molecule has 0 aliphatic rings. The highest BCUT2D eigenvalue weighted by molar-refractivity contribution is 7.99. The van der Waals surface area contributed by atoms with Gasteiger partial charge in [-0.05, 0) is 19.1 Å². The maximum Gasteiger partial charge on any atom is 0.337 e. The van der Waals surface area contributed by atoms with Gasteiger partial charge >= 0.3 is 5.97 Å². The van der Waals surface area contributed by atoms with Crippen LogP contribution in [0.2, 0.25) is 0 Å². The lowest BCUT2D eigenvalue weighted by molar-refractivity contribution is 0.0697. The number of hydrogen-bond donors (Lipinski definition) is 2. The molecule has 0 fully saturated rings. The molecule has 0 aliphatic heterocycles. The van der Waals surface area contributed by atoms with E-state index in [4.69, 9.17) is 10.8 Å². The predicted molar refractivity (Wildman–Crippen MR) is 67.7 cm³/mol. The summed E-state index contributed by atoms with van der Waals surface area (Å²) in [7, 11) is 1.82. The number of aromatic carboxylic acids is 1. The van der Waals surface area contributed by atoms with Gasteiger partial charge < -0.3 is 10.8 Å². The summed E-state index contributed by atoms with van der Waals surface area (Å²) in [5, 5.41) is 14.7. The van der Waals surface area contributed by atoms with Gasteiger partial charge in [-0.3, -0.25) is 4.68 Å². The molecule has 0 bridgehead atoms. The molecule has 0 spiro atoms. The number of carbonyl (C=O) groups is 1. The van der Waals surface area contributed by atoms with E-state index in [2.05, 4.69) is 10.1 Å². The predicted octanol–water partition coefficient (Wildman–Crippen LogP) is 1.56. The standard InChI is InChI=1S/C11H12N4O2S/c1-6-3-10(15(2)14-6)18-9-4-7(11(16)17)8(12)5-13-9/h3-5H,12H2,1-2H3,(H,16,17). The van der Waals surface area contributed by atoms with Gasteiger partial charge in [0.1, 0.15) is 10.1 Å². The summed E-state index contributed by atoms with van der Waals surface area (Å²) in [6, 6.07) is 3.37. The summed E-state index contributed by atoms with van der Waals surface area (Å²) < 4.78 is 1.72. The van der Waals surface area contributed by atoms with Crippen LogP contribution in [-0.2, 0) is 7.05 Å². The topological polar surface area (TPSA) is 94.0 Å². The van der Waals surface area contributed by atoms with E-state index in [0.29, 0.717) is 5.03 Å². The quantitative estimate of drug-likeness (QED) is 0.873. The molecule has 0 aliphatic carbocycles. The number of anilines is 1. The van der Waals surface area contributed by atoms with Crippen LogP contribution in [0, 0.1) is 6.92 Å². The minimum atomic E-state index is -1.06. The van der Waals surface area contributed by atoms with Gasteiger partial charge in [0.05, 0.1) is 23.1 Å². The van der Waals surface area contributed by atoms with E-state index in [9.17, 15) is 4.79 Å². The molecule has 0 unspecified atom stereocenters. The number of nitrogens with zero attached hydrogens (tertiary/aromatic N) is 3. The fraction of sp³-hybridized carbons (Fsp3) is 0.182. The molecule has 2 aromatic heterocycles. The highest BCUT2D eigenvalue weighted by atomic mass is 32.2. The summed E-state index contributed by atoms with van der Waals surface area (Å²) in [6.45, 7) is 1.89. The first-order valence-corrected chi connectivity index (χ1v) is 5.96. The lowest BCUT2D eigenvalue weighted by atomic mass is 10.2. The molecule has 0 radical (unpaired) electrons. The van der Waals surface area contributed by atoms with Crippen molar-refractivity contribution >= 4 is 23.4 Å². The second-order valence-corrected chi connectivity index (χ2v) is 4.81. The molecule has 0 saturated heterocycles. The number of nitrogen functional groups attached to an aromatic ring is 1. The minimum Gasteiger partial charge on any atom is -0.478 e. The molecule has 0 aromatic carbocycles. The summed E-state index contributed by atoms with van der Waals surface area (Å²) in [5.74, 6) is -1.06. The highest BCUT2D eigenvalue weighted by Gasteiger charge is 2.12. The van der Waals surface area contributed by atoms with Crippen molar-refractivity contribution in [1.29, 1.82) is 0 Å². The number of aromatic nitrogens is 3. The van der Waals surface area contributed by atoms with Crippen molar-refractivity contribution in [2.45, 2.75) is 17.0 Å². The van der Waals surface area contributed by atoms with Gasteiger partial charge in [-0.15, -0.1) is 0 Å². The van der Waals surface area contributed by atoms with Gasteiger partial charge in [0.15, 0.2) is 0 Å². The van der Waals surface area contributed by atoms with Crippen LogP contribution in [0.3, 0.4) is 0 Å². The van der Waals surface area contributed by atoms with E-state index in [0.717, 1.165) is 10.7 Å². The van der Waals surface area contributed by atoms with Crippen molar-refractivity contribution in [2.75, 3.05) is 5.73 Å². The number of carboxylic acid groups (broad SMARTS) is 1. The normalized spacial score (nSPS) is 10.6. The third kappa shape index (κ3) is 2.45. The molecule has 0 saturated carbocycles. The Labute approximate surface area is 108 Å². The van der Waals surface area contributed by atoms with Gasteiger partial charge in [0, 0.05) is 7.05 Å². The largest absolute Gasteiger partial charge is 0.478 e. The summed E-state index contributed by atoms with van der Waals surface area (Å²) in [6.07, 6.45) is 1.36. The van der Waals surface area contributed by atoms with Crippen LogP contribution in [-0.4, -0.2) is 25.8 Å². The Bertz CT molecular complexity index is 609. The molecule has 0 atom stereocenters. The third-order valence-corrected chi connectivity index (χ3v) is 3.33. The van der Waals surface area contributed by atoms with E-state index in [1.807, 2.05) is 20.0 Å². The highest BCUT2D eigenvalue weighted by Crippen LogP contribution is 2.27. The summed E-state index contributed by atoms with van der Waals surface area (Å²) >= 11 is 1.35. The molecule has 2 heterocycles. The van der Waals surface area contributed by atoms with Crippen LogP contribution in [0.25, 0.3) is 0 Å². The fourth-order valence-corrected chi connectivity index (χ4v) is 2.38. The van der Waals surface area contributed by atoms with Crippen LogP contribution < -0.4 is 5.73 Å². The van der Waals surface area contributed by atoms with Crippen molar-refractivity contribution in [3.8, 4) is 0 Å². The molecule has 3 N–H and O–H groups in total. The average Bonchev–Trinajstić information content (AvgIpc) is 2.60. The van der Waals surface area contributed by atoms with E-state index in [1.165, 1.54) is 24.0 Å². The van der Waals surface area contributed by atoms with Gasteiger partial charge in [0.2, 0.25) is 0 Å². The first-order valence-electron chi connectivity index (χ1n) is 5.14. The average molecular weight is 264 g/mol. The second-order valence-electron chi connectivity index (χ2n) is 3.76. The third-order valence-electron chi connectivity index (χ3n) is 2.31. The zero-order valence-corrected chi connectivity index (χ0v) is 10.7. The van der Waals surface area contributed by atoms with Crippen LogP contribution >= 0.6 is 11.8 Å². The molecule has 7 heteroatoms. The van der Waals surface area contributed by atoms with Gasteiger partial charge in [-0.1, -0.05) is 11.8 Å². The molecule has 18 heavy (non-hydrogen) atoms. The molecule has 2 aromatic rings. The second kappa shape index (κ2) is 4.69. The molecule has 6 nitrogen and oxygen atoms in total. The molecular formula is C11H12N4O2S. The monoisotopic (exact) mass is 264 g/mol. The first kappa shape index (κ1) is 12.4. The molecular weight excluding hydrogens is 252 g/mol. The van der Waals surface area contributed by atoms with Crippen molar-refractivity contribution in [1.82, 2.24) is 14.8 Å². The smallest absolute Gasteiger partial charge is 0.337 e. The van der Waals surface area contributed by atoms with Crippen molar-refractivity contribution in [2.24, 2.45) is 7.05 Å². The fourth-order valence-electron chi connectivity index (χ4n) is 1.48. The van der Waals surface area contributed by atoms with E-state index >= 15 is 0 Å². The van der Waals surface area contributed by atoms with Crippen LogP contribution in [0.5, 0.6) is 0 Å². The van der Waals surface area contributed by atoms with Gasteiger partial charge in [0.25, 0.3) is 0 Å². The summed E-state index contributed by atoms with van der Waals surface area (Å²) in [4.78, 5) is 15.1. The summed E-state index contributed by atoms with van der Waals surface area (Å²) in [5.41, 5.74) is 6.67. The Kier molecular flexibility index (Phi) is 3.24. The maximum absolute atomic E-state index is 11.0. The SMILES string of the molecule is Cc1cc(Sc2cc(C(=O)O)c(N)cn2)n(C)n1. The minimum absolute atomic E-state index is 0.0615. The Hall–Kier alpha value is -2.02. The number of carboxylic acids is 1. The van der Waals surface area contributed by atoms with Crippen molar-refractivity contribution < 1.29 is 9.90 Å². The molecule has 94 valence electrons. The van der Waals surface area contributed by atoms with E-state index in [-0.39, 0.29) is 11.3 Å². The van der Waals surface area contributed by atoms with Crippen LogP contribution in [0.4, 0.5) is 5.69 Å². The lowest BCUT2D eigenvalue weighted by Gasteiger charge is -2.04. The van der Waals surface area contributed by atoms with E-state index in [1.54, 1.807) is 4.68 Å². The number of aryl methyl sites for hydroxylation is 2. The van der Waals surface area contributed by atoms with Crippen molar-refractivity contribution in [3.05, 3.63) is 29.6 Å². The zero-order chi connectivity index (χ0) is 13.3. The lowest BCUT2D eigenvalue weighted by Crippen LogP contribution is -2.03. The number of hydrogen-bond acceptors (Lipinski definition) is 5. The van der Waals surface area contributed by atoms with Gasteiger partial charge in [-0.25, -0.2) is 9.78 Å². The van der Waals surface area contributed by atoms with Crippen molar-refractivity contribution in [3.63, 3.8) is 0 Å². The number of pyridine rings is 1. The van der Waals surface area contributed by atoms with E-state index < -0.39 is 5.97 Å². The zero-order valence-electron chi connectivity index (χ0n) is 9.91. The van der Waals surface area contributed by atoms with Crippen LogP contribution in [0.1, 0.15) is 16.1 Å². The Morgan fingerprint density at radius 2 is 2.22 bits per heavy atom.